The number of piperidine rings is 1. The molecule has 1 aromatic rings. The van der Waals surface area contributed by atoms with Crippen LogP contribution in [0.2, 0.25) is 5.02 Å². The summed E-state index contributed by atoms with van der Waals surface area (Å²) in [5, 5.41) is 42.4. The number of carboxylic acid groups (broad SMARTS) is 2. The van der Waals surface area contributed by atoms with Gasteiger partial charge in [0.25, 0.3) is 5.09 Å². The van der Waals surface area contributed by atoms with Gasteiger partial charge in [-0.1, -0.05) is 11.6 Å². The first kappa shape index (κ1) is 37.6. The van der Waals surface area contributed by atoms with E-state index in [4.69, 9.17) is 41.6 Å². The second-order valence-corrected chi connectivity index (χ2v) is 13.1. The second kappa shape index (κ2) is 15.9. The molecule has 1 fully saturated rings. The Labute approximate surface area is 250 Å². The lowest BCUT2D eigenvalue weighted by Gasteiger charge is -2.36. The Kier molecular flexibility index (Phi) is 13.9. The standard InChI is InChI=1S/C15H22ClN5O7S2.C5H8O5.CO2/c16-11-7-12-14(8-13(11)29(17,24)25)30(26,27)19-15(18-12)9-20-4-1-10(2-5-20)3-6-28-21(22)23;1-5(10,4(8)9)2-3(6)7;2-1-3/h7-8,10,15,18-19H,1-6,9H2,(H2,17,24,25);10H,2H2,1H3,(H,6,7)(H,8,9);. The molecule has 0 spiro atoms. The summed E-state index contributed by atoms with van der Waals surface area (Å²) in [5.41, 5.74) is -1.96. The summed E-state index contributed by atoms with van der Waals surface area (Å²) in [6, 6.07) is 2.18. The van der Waals surface area contributed by atoms with Crippen molar-refractivity contribution in [2.24, 2.45) is 11.1 Å². The topological polar surface area (TPSA) is 303 Å². The number of halogens is 1. The van der Waals surface area contributed by atoms with Crippen molar-refractivity contribution < 1.29 is 61.3 Å². The number of carboxylic acids is 2. The largest absolute Gasteiger partial charge is 0.481 e. The molecule has 43 heavy (non-hydrogen) atoms. The Morgan fingerprint density at radius 1 is 1.28 bits per heavy atom. The van der Waals surface area contributed by atoms with Gasteiger partial charge in [-0.15, -0.1) is 10.1 Å². The van der Waals surface area contributed by atoms with Crippen LogP contribution < -0.4 is 15.2 Å². The van der Waals surface area contributed by atoms with Crippen LogP contribution in [0.5, 0.6) is 0 Å². The van der Waals surface area contributed by atoms with Gasteiger partial charge in [0.15, 0.2) is 5.60 Å². The van der Waals surface area contributed by atoms with Crippen molar-refractivity contribution in [3.63, 3.8) is 0 Å². The molecule has 0 saturated carbocycles. The number of nitrogens with one attached hydrogen (secondary N) is 2. The highest BCUT2D eigenvalue weighted by Gasteiger charge is 2.34. The Bertz CT molecular complexity index is 1420. The van der Waals surface area contributed by atoms with E-state index < -0.39 is 60.2 Å². The third kappa shape index (κ3) is 12.4. The lowest BCUT2D eigenvalue weighted by molar-refractivity contribution is -0.758. The lowest BCUT2D eigenvalue weighted by Crippen LogP contribution is -2.52. The number of carbonyl (C=O) groups excluding carboxylic acids is 2. The highest BCUT2D eigenvalue weighted by Crippen LogP contribution is 2.34. The molecule has 0 aromatic heterocycles. The maximum Gasteiger partial charge on any atom is 0.373 e. The molecule has 7 N–H and O–H groups in total. The second-order valence-electron chi connectivity index (χ2n) is 9.46. The summed E-state index contributed by atoms with van der Waals surface area (Å²) in [7, 11) is -8.15. The first-order valence-corrected chi connectivity index (χ1v) is 15.5. The van der Waals surface area contributed by atoms with Crippen LogP contribution in [0.3, 0.4) is 0 Å². The van der Waals surface area contributed by atoms with Crippen LogP contribution in [0.25, 0.3) is 0 Å². The number of nitrogens with zero attached hydrogens (tertiary/aromatic N) is 2. The number of aliphatic carboxylic acids is 2. The zero-order valence-electron chi connectivity index (χ0n) is 22.5. The highest BCUT2D eigenvalue weighted by molar-refractivity contribution is 7.90. The molecule has 22 heteroatoms. The molecular formula is C21H30ClN5O14S2. The van der Waals surface area contributed by atoms with E-state index >= 15 is 0 Å². The van der Waals surface area contributed by atoms with Crippen molar-refractivity contribution in [2.75, 3.05) is 31.6 Å². The number of rotatable bonds is 10. The molecule has 0 bridgehead atoms. The highest BCUT2D eigenvalue weighted by atomic mass is 35.5. The first-order valence-electron chi connectivity index (χ1n) is 12.0. The number of anilines is 1. The van der Waals surface area contributed by atoms with Gasteiger partial charge in [0, 0.05) is 6.54 Å². The smallest absolute Gasteiger partial charge is 0.373 e. The van der Waals surface area contributed by atoms with E-state index in [1.54, 1.807) is 0 Å². The SMILES string of the molecule is CC(O)(CC(=O)O)C(=O)O.NS(=O)(=O)c1cc2c(cc1Cl)NC(CN1CCC(CCO[N+](=O)[O-])CC1)NS2(=O)=O.O=C=O. The average molecular weight is 676 g/mol. The molecule has 1 saturated heterocycles. The Morgan fingerprint density at radius 2 is 1.84 bits per heavy atom. The Balaban J connectivity index is 0.000000599. The molecule has 2 unspecified atom stereocenters. The summed E-state index contributed by atoms with van der Waals surface area (Å²) in [6.07, 6.45) is 1.07. The number of sulfonamides is 2. The van der Waals surface area contributed by atoms with Crippen molar-refractivity contribution in [1.29, 1.82) is 0 Å². The van der Waals surface area contributed by atoms with Gasteiger partial charge in [-0.05, 0) is 57.3 Å². The van der Waals surface area contributed by atoms with E-state index in [1.165, 1.54) is 6.07 Å². The van der Waals surface area contributed by atoms with E-state index in [9.17, 15) is 36.5 Å². The van der Waals surface area contributed by atoms with Crippen LogP contribution >= 0.6 is 11.6 Å². The number of carbonyl (C=O) groups is 2. The van der Waals surface area contributed by atoms with Gasteiger partial charge in [-0.25, -0.2) is 26.8 Å². The average Bonchev–Trinajstić information content (AvgIpc) is 2.83. The summed E-state index contributed by atoms with van der Waals surface area (Å²) >= 11 is 5.98. The minimum atomic E-state index is -4.18. The number of primary sulfonamides is 1. The number of fused-ring (bicyclic) bond motifs is 1. The minimum absolute atomic E-state index is 0.0691. The fourth-order valence-electron chi connectivity index (χ4n) is 4.02. The molecule has 3 rings (SSSR count). The van der Waals surface area contributed by atoms with Crippen LogP contribution in [0.4, 0.5) is 5.69 Å². The maximum absolute atomic E-state index is 12.6. The molecular weight excluding hydrogens is 646 g/mol. The van der Waals surface area contributed by atoms with Crippen molar-refractivity contribution in [2.45, 2.75) is 54.2 Å². The number of benzene rings is 1. The van der Waals surface area contributed by atoms with Crippen molar-refractivity contribution >= 4 is 55.4 Å². The quantitative estimate of drug-likeness (QED) is 0.128. The zero-order chi connectivity index (χ0) is 33.2. The van der Waals surface area contributed by atoms with Gasteiger partial charge in [0.2, 0.25) is 20.0 Å². The van der Waals surface area contributed by atoms with Crippen LogP contribution in [-0.2, 0) is 44.1 Å². The number of hydrogen-bond acceptors (Lipinski definition) is 14. The van der Waals surface area contributed by atoms with Crippen LogP contribution in [-0.4, -0.2) is 98.2 Å². The van der Waals surface area contributed by atoms with Crippen molar-refractivity contribution in [3.05, 3.63) is 27.3 Å². The predicted octanol–water partition coefficient (Wildman–Crippen LogP) is -0.959. The lowest BCUT2D eigenvalue weighted by atomic mass is 9.94. The van der Waals surface area contributed by atoms with Crippen LogP contribution in [0.15, 0.2) is 21.9 Å². The van der Waals surface area contributed by atoms with E-state index in [1.807, 2.05) is 0 Å². The van der Waals surface area contributed by atoms with Crippen LogP contribution in [0.1, 0.15) is 32.6 Å². The molecule has 0 radical (unpaired) electrons. The monoisotopic (exact) mass is 675 g/mol. The van der Waals surface area contributed by atoms with Gasteiger partial charge < -0.3 is 25.5 Å². The maximum atomic E-state index is 12.6. The molecule has 0 amide bonds. The zero-order valence-corrected chi connectivity index (χ0v) is 24.9. The fourth-order valence-corrected chi connectivity index (χ4v) is 6.51. The molecule has 2 heterocycles. The van der Waals surface area contributed by atoms with E-state index in [0.29, 0.717) is 32.0 Å². The molecule has 19 nitrogen and oxygen atoms in total. The van der Waals surface area contributed by atoms with Crippen molar-refractivity contribution in [3.8, 4) is 0 Å². The molecule has 2 aliphatic heterocycles. The van der Waals surface area contributed by atoms with Gasteiger partial charge in [-0.3, -0.25) is 9.69 Å². The number of nitrogens with two attached hydrogens (primary N) is 1. The number of likely N-dealkylation sites (tertiary alicyclic amines) is 1. The Hall–Kier alpha value is -3.43. The summed E-state index contributed by atoms with van der Waals surface area (Å²) in [4.78, 5) is 52.1. The van der Waals surface area contributed by atoms with E-state index in [0.717, 1.165) is 25.8 Å². The molecule has 1 aromatic carbocycles. The van der Waals surface area contributed by atoms with E-state index in [2.05, 4.69) is 19.8 Å². The summed E-state index contributed by atoms with van der Waals surface area (Å²) < 4.78 is 51.0. The Morgan fingerprint density at radius 3 is 2.28 bits per heavy atom. The molecule has 242 valence electrons. The van der Waals surface area contributed by atoms with Gasteiger partial charge in [-0.2, -0.15) is 14.3 Å². The van der Waals surface area contributed by atoms with Gasteiger partial charge >= 0.3 is 18.1 Å². The molecule has 2 atom stereocenters. The van der Waals surface area contributed by atoms with E-state index in [-0.39, 0.29) is 28.4 Å². The first-order chi connectivity index (χ1) is 19.7. The minimum Gasteiger partial charge on any atom is -0.481 e. The van der Waals surface area contributed by atoms with Gasteiger partial charge in [0.1, 0.15) is 16.0 Å². The molecule has 0 aliphatic carbocycles. The van der Waals surface area contributed by atoms with Crippen LogP contribution in [0, 0.1) is 16.0 Å². The number of hydrogen-bond donors (Lipinski definition) is 6. The van der Waals surface area contributed by atoms with Gasteiger partial charge in [0.05, 0.1) is 23.7 Å². The summed E-state index contributed by atoms with van der Waals surface area (Å²) in [5.74, 6) is -2.56. The third-order valence-electron chi connectivity index (χ3n) is 6.08. The number of aliphatic hydroxyl groups is 1. The van der Waals surface area contributed by atoms with Crippen molar-refractivity contribution in [1.82, 2.24) is 9.62 Å². The third-order valence-corrected chi connectivity index (χ3v) is 8.97. The normalized spacial score (nSPS) is 19.3. The summed E-state index contributed by atoms with van der Waals surface area (Å²) in [6.45, 7) is 2.80. The predicted molar refractivity (Wildman–Crippen MR) is 143 cm³/mol. The molecule has 2 aliphatic rings. The fraction of sp³-hybridized carbons (Fsp3) is 0.571.